The molecule has 0 radical (unpaired) electrons. The molecule has 0 bridgehead atoms. The van der Waals surface area contributed by atoms with E-state index in [1.54, 1.807) is 4.90 Å². The minimum atomic E-state index is -4.75. The van der Waals surface area contributed by atoms with Crippen LogP contribution in [-0.2, 0) is 21.0 Å². The molecule has 2 rings (SSSR count). The van der Waals surface area contributed by atoms with Gasteiger partial charge in [-0.2, -0.15) is 17.5 Å². The van der Waals surface area contributed by atoms with E-state index in [-0.39, 0.29) is 38.0 Å². The molecule has 1 unspecified atom stereocenters. The Kier molecular flexibility index (Phi) is 7.38. The molecule has 28 heavy (non-hydrogen) atoms. The van der Waals surface area contributed by atoms with E-state index in [0.717, 1.165) is 29.3 Å². The molecule has 0 N–H and O–H groups in total. The molecule has 0 aliphatic carbocycles. The fourth-order valence-electron chi connectivity index (χ4n) is 3.23. The molecule has 1 atom stereocenters. The Labute approximate surface area is 168 Å². The molecule has 0 aromatic heterocycles. The zero-order chi connectivity index (χ0) is 21.1. The number of sulfonamides is 1. The smallest absolute Gasteiger partial charge is 0.340 e. The molecule has 1 aliphatic heterocycles. The highest BCUT2D eigenvalue weighted by atomic mass is 35.5. The SMILES string of the molecule is CCCC(C)CC(=O)N1CCN(S(=O)(=O)c2ccc(Cl)c(C(F)(F)F)c2)CC1. The van der Waals surface area contributed by atoms with E-state index in [1.165, 1.54) is 0 Å². The number of hydrogen-bond donors (Lipinski definition) is 0. The van der Waals surface area contributed by atoms with Crippen molar-refractivity contribution in [2.45, 2.75) is 44.2 Å². The van der Waals surface area contributed by atoms with Gasteiger partial charge in [-0.15, -0.1) is 0 Å². The fraction of sp³-hybridized carbons (Fsp3) is 0.611. The van der Waals surface area contributed by atoms with Crippen molar-refractivity contribution in [3.05, 3.63) is 28.8 Å². The number of rotatable bonds is 6. The average molecular weight is 441 g/mol. The fourth-order valence-corrected chi connectivity index (χ4v) is 4.90. The Morgan fingerprint density at radius 1 is 1.21 bits per heavy atom. The van der Waals surface area contributed by atoms with Gasteiger partial charge in [0.2, 0.25) is 15.9 Å². The third kappa shape index (κ3) is 5.39. The van der Waals surface area contributed by atoms with Gasteiger partial charge in [0.25, 0.3) is 0 Å². The van der Waals surface area contributed by atoms with Crippen LogP contribution in [0.1, 0.15) is 38.7 Å². The first kappa shape index (κ1) is 23.0. The quantitative estimate of drug-likeness (QED) is 0.671. The number of hydrogen-bond acceptors (Lipinski definition) is 3. The highest BCUT2D eigenvalue weighted by Gasteiger charge is 2.36. The molecule has 1 fully saturated rings. The van der Waals surface area contributed by atoms with E-state index in [0.29, 0.717) is 12.5 Å². The summed E-state index contributed by atoms with van der Waals surface area (Å²) in [6, 6.07) is 2.56. The van der Waals surface area contributed by atoms with Crippen LogP contribution in [0, 0.1) is 5.92 Å². The van der Waals surface area contributed by atoms with Crippen LogP contribution in [0.2, 0.25) is 5.02 Å². The van der Waals surface area contributed by atoms with Crippen LogP contribution in [0.4, 0.5) is 13.2 Å². The van der Waals surface area contributed by atoms with Gasteiger partial charge in [0.1, 0.15) is 0 Å². The topological polar surface area (TPSA) is 57.7 Å². The Bertz CT molecular complexity index is 807. The number of carbonyl (C=O) groups excluding carboxylic acids is 1. The van der Waals surface area contributed by atoms with Crippen molar-refractivity contribution in [1.29, 1.82) is 0 Å². The van der Waals surface area contributed by atoms with E-state index in [1.807, 2.05) is 13.8 Å². The van der Waals surface area contributed by atoms with Crippen molar-refractivity contribution in [2.75, 3.05) is 26.2 Å². The number of alkyl halides is 3. The monoisotopic (exact) mass is 440 g/mol. The molecule has 1 saturated heterocycles. The summed E-state index contributed by atoms with van der Waals surface area (Å²) in [5.41, 5.74) is -1.19. The number of amides is 1. The number of benzene rings is 1. The van der Waals surface area contributed by atoms with E-state index < -0.39 is 31.7 Å². The van der Waals surface area contributed by atoms with Crippen LogP contribution in [0.5, 0.6) is 0 Å². The molecule has 158 valence electrons. The maximum absolute atomic E-state index is 13.0. The lowest BCUT2D eigenvalue weighted by atomic mass is 10.0. The van der Waals surface area contributed by atoms with Crippen LogP contribution < -0.4 is 0 Å². The van der Waals surface area contributed by atoms with Gasteiger partial charge in [-0.3, -0.25) is 4.79 Å². The van der Waals surface area contributed by atoms with E-state index >= 15 is 0 Å². The molecule has 1 aromatic carbocycles. The number of carbonyl (C=O) groups is 1. The first-order valence-corrected chi connectivity index (χ1v) is 10.9. The number of halogens is 4. The second kappa shape index (κ2) is 9.00. The van der Waals surface area contributed by atoms with Gasteiger partial charge in [0.05, 0.1) is 15.5 Å². The van der Waals surface area contributed by atoms with Crippen molar-refractivity contribution in [3.8, 4) is 0 Å². The van der Waals surface area contributed by atoms with Gasteiger partial charge < -0.3 is 4.90 Å². The maximum Gasteiger partial charge on any atom is 0.417 e. The predicted octanol–water partition coefficient (Wildman–Crippen LogP) is 4.02. The Balaban J connectivity index is 2.08. The second-order valence-corrected chi connectivity index (χ2v) is 9.37. The summed E-state index contributed by atoms with van der Waals surface area (Å²) in [5.74, 6) is 0.234. The summed E-state index contributed by atoms with van der Waals surface area (Å²) in [4.78, 5) is 13.5. The lowest BCUT2D eigenvalue weighted by Crippen LogP contribution is -2.50. The van der Waals surface area contributed by atoms with Crippen molar-refractivity contribution in [1.82, 2.24) is 9.21 Å². The first-order valence-electron chi connectivity index (χ1n) is 9.11. The Morgan fingerprint density at radius 2 is 1.82 bits per heavy atom. The maximum atomic E-state index is 13.0. The first-order chi connectivity index (χ1) is 13.0. The highest BCUT2D eigenvalue weighted by Crippen LogP contribution is 2.36. The van der Waals surface area contributed by atoms with Crippen LogP contribution in [0.3, 0.4) is 0 Å². The minimum absolute atomic E-state index is 0.0242. The van der Waals surface area contributed by atoms with E-state index in [2.05, 4.69) is 0 Å². The molecule has 1 aromatic rings. The van der Waals surface area contributed by atoms with Crippen molar-refractivity contribution in [2.24, 2.45) is 5.92 Å². The van der Waals surface area contributed by atoms with Crippen molar-refractivity contribution >= 4 is 27.5 Å². The average Bonchev–Trinajstić information content (AvgIpc) is 2.61. The zero-order valence-electron chi connectivity index (χ0n) is 15.8. The van der Waals surface area contributed by atoms with Crippen molar-refractivity contribution in [3.63, 3.8) is 0 Å². The molecule has 1 amide bonds. The van der Waals surface area contributed by atoms with Gasteiger partial charge in [-0.1, -0.05) is 38.3 Å². The molecule has 1 heterocycles. The summed E-state index contributed by atoms with van der Waals surface area (Å²) in [6.07, 6.45) is -2.41. The zero-order valence-corrected chi connectivity index (χ0v) is 17.4. The Morgan fingerprint density at radius 3 is 2.36 bits per heavy atom. The molecule has 0 saturated carbocycles. The summed E-state index contributed by atoms with van der Waals surface area (Å²) >= 11 is 5.56. The number of nitrogens with zero attached hydrogens (tertiary/aromatic N) is 2. The lowest BCUT2D eigenvalue weighted by molar-refractivity contribution is -0.137. The standard InChI is InChI=1S/C18H24ClF3N2O3S/c1-3-4-13(2)11-17(25)23-7-9-24(10-8-23)28(26,27)14-5-6-16(19)15(12-14)18(20,21)22/h5-6,12-13H,3-4,7-11H2,1-2H3. The number of piperazine rings is 1. The van der Waals surface area contributed by atoms with Crippen LogP contribution in [-0.4, -0.2) is 49.7 Å². The summed E-state index contributed by atoms with van der Waals surface area (Å²) in [7, 11) is -4.11. The predicted molar refractivity (Wildman–Crippen MR) is 100 cm³/mol. The molecule has 10 heteroatoms. The summed E-state index contributed by atoms with van der Waals surface area (Å²) < 4.78 is 65.6. The second-order valence-electron chi connectivity index (χ2n) is 7.02. The largest absolute Gasteiger partial charge is 0.417 e. The van der Waals surface area contributed by atoms with Gasteiger partial charge >= 0.3 is 6.18 Å². The van der Waals surface area contributed by atoms with Crippen LogP contribution in [0.25, 0.3) is 0 Å². The Hall–Kier alpha value is -1.32. The third-order valence-electron chi connectivity index (χ3n) is 4.78. The molecular weight excluding hydrogens is 417 g/mol. The van der Waals surface area contributed by atoms with Crippen LogP contribution >= 0.6 is 11.6 Å². The third-order valence-corrected chi connectivity index (χ3v) is 7.00. The van der Waals surface area contributed by atoms with Gasteiger partial charge in [-0.05, 0) is 24.1 Å². The molecule has 0 spiro atoms. The summed E-state index contributed by atoms with van der Waals surface area (Å²) in [6.45, 7) is 4.57. The molecule has 1 aliphatic rings. The summed E-state index contributed by atoms with van der Waals surface area (Å²) in [5, 5.41) is -0.553. The normalized spacial score (nSPS) is 17.6. The van der Waals surface area contributed by atoms with Gasteiger partial charge in [0.15, 0.2) is 0 Å². The van der Waals surface area contributed by atoms with E-state index in [4.69, 9.17) is 11.6 Å². The van der Waals surface area contributed by atoms with Gasteiger partial charge in [0, 0.05) is 32.6 Å². The van der Waals surface area contributed by atoms with Crippen molar-refractivity contribution < 1.29 is 26.4 Å². The molecule has 5 nitrogen and oxygen atoms in total. The van der Waals surface area contributed by atoms with E-state index in [9.17, 15) is 26.4 Å². The minimum Gasteiger partial charge on any atom is -0.340 e. The lowest BCUT2D eigenvalue weighted by Gasteiger charge is -2.34. The van der Waals surface area contributed by atoms with Crippen LogP contribution in [0.15, 0.2) is 23.1 Å². The van der Waals surface area contributed by atoms with Gasteiger partial charge in [-0.25, -0.2) is 8.42 Å². The molecular formula is C18H24ClF3N2O3S. The highest BCUT2D eigenvalue weighted by molar-refractivity contribution is 7.89.